The lowest BCUT2D eigenvalue weighted by molar-refractivity contribution is -0.139. The number of carbonyl (C=O) groups is 2. The van der Waals surface area contributed by atoms with Gasteiger partial charge in [-0.25, -0.2) is 0 Å². The fourth-order valence-electron chi connectivity index (χ4n) is 2.55. The summed E-state index contributed by atoms with van der Waals surface area (Å²) < 4.78 is 5.26. The van der Waals surface area contributed by atoms with Crippen molar-refractivity contribution in [2.75, 3.05) is 13.1 Å². The van der Waals surface area contributed by atoms with Gasteiger partial charge in [0.05, 0.1) is 6.54 Å². The summed E-state index contributed by atoms with van der Waals surface area (Å²) in [5.41, 5.74) is 1.35. The van der Waals surface area contributed by atoms with Crippen LogP contribution >= 0.6 is 0 Å². The van der Waals surface area contributed by atoms with E-state index in [0.29, 0.717) is 18.1 Å². The Morgan fingerprint density at radius 3 is 2.70 bits per heavy atom. The minimum absolute atomic E-state index is 0.0651. The average Bonchev–Trinajstić information content (AvgIpc) is 2.99. The molecule has 0 saturated heterocycles. The lowest BCUT2D eigenvalue weighted by Crippen LogP contribution is -2.41. The summed E-state index contributed by atoms with van der Waals surface area (Å²) in [5.74, 6) is -0.373. The molecule has 1 aliphatic rings. The highest BCUT2D eigenvalue weighted by Crippen LogP contribution is 2.19. The largest absolute Gasteiger partial charge is 0.464 e. The zero-order valence-corrected chi connectivity index (χ0v) is 13.4. The molecule has 6 nitrogen and oxygen atoms in total. The van der Waals surface area contributed by atoms with E-state index in [-0.39, 0.29) is 6.54 Å². The van der Waals surface area contributed by atoms with Crippen LogP contribution in [0.15, 0.2) is 28.2 Å². The molecule has 0 radical (unpaired) electrons. The summed E-state index contributed by atoms with van der Waals surface area (Å²) in [5, 5.41) is 14.9. The molecule has 126 valence electrons. The van der Waals surface area contributed by atoms with E-state index < -0.39 is 17.9 Å². The van der Waals surface area contributed by atoms with Gasteiger partial charge in [0.25, 0.3) is 0 Å². The van der Waals surface area contributed by atoms with E-state index in [4.69, 9.17) is 4.42 Å². The summed E-state index contributed by atoms with van der Waals surface area (Å²) in [7, 11) is 0. The van der Waals surface area contributed by atoms with Crippen LogP contribution in [0.4, 0.5) is 0 Å². The van der Waals surface area contributed by atoms with Gasteiger partial charge in [-0.2, -0.15) is 0 Å². The fraction of sp³-hybridized carbons (Fsp3) is 0.529. The Hall–Kier alpha value is -2.08. The van der Waals surface area contributed by atoms with Crippen molar-refractivity contribution in [3.8, 4) is 0 Å². The number of aryl methyl sites for hydroxylation is 1. The van der Waals surface area contributed by atoms with Gasteiger partial charge >= 0.3 is 11.8 Å². The Kier molecular flexibility index (Phi) is 6.40. The van der Waals surface area contributed by atoms with E-state index in [1.807, 2.05) is 0 Å². The summed E-state index contributed by atoms with van der Waals surface area (Å²) in [4.78, 5) is 23.4. The first-order chi connectivity index (χ1) is 11.1. The maximum atomic E-state index is 11.7. The second-order valence-corrected chi connectivity index (χ2v) is 5.79. The Labute approximate surface area is 135 Å². The summed E-state index contributed by atoms with van der Waals surface area (Å²) in [6.45, 7) is 2.16. The molecule has 0 fully saturated rings. The molecule has 0 aliphatic heterocycles. The third kappa shape index (κ3) is 5.56. The number of hydrogen-bond acceptors (Lipinski definition) is 4. The van der Waals surface area contributed by atoms with Gasteiger partial charge in [-0.3, -0.25) is 9.59 Å². The third-order valence-electron chi connectivity index (χ3n) is 3.87. The molecule has 0 bridgehead atoms. The smallest absolute Gasteiger partial charge is 0.309 e. The van der Waals surface area contributed by atoms with E-state index in [9.17, 15) is 14.7 Å². The fourth-order valence-corrected chi connectivity index (χ4v) is 2.55. The normalized spacial score (nSPS) is 15.7. The molecule has 3 N–H and O–H groups in total. The van der Waals surface area contributed by atoms with Crippen LogP contribution in [0.25, 0.3) is 0 Å². The van der Waals surface area contributed by atoms with E-state index >= 15 is 0 Å². The molecule has 2 rings (SSSR count). The number of hydrogen-bond donors (Lipinski definition) is 3. The Morgan fingerprint density at radius 2 is 2.04 bits per heavy atom. The van der Waals surface area contributed by atoms with Crippen molar-refractivity contribution in [2.45, 2.75) is 45.1 Å². The number of allylic oxidation sites excluding steroid dienone is 1. The molecule has 1 heterocycles. The van der Waals surface area contributed by atoms with E-state index in [0.717, 1.165) is 19.3 Å². The van der Waals surface area contributed by atoms with Gasteiger partial charge in [0.1, 0.15) is 17.6 Å². The van der Waals surface area contributed by atoms with Gasteiger partial charge in [-0.05, 0) is 51.2 Å². The first kappa shape index (κ1) is 17.3. The van der Waals surface area contributed by atoms with Crippen molar-refractivity contribution in [1.82, 2.24) is 10.6 Å². The minimum atomic E-state index is -0.965. The molecule has 1 aromatic heterocycles. The van der Waals surface area contributed by atoms with Gasteiger partial charge < -0.3 is 20.2 Å². The standard InChI is InChI=1S/C17H24N2O4/c1-12-7-8-15(23-12)14(20)11-19-17(22)16(21)18-10-9-13-5-3-2-4-6-13/h5,7-8,14,20H,2-4,6,9-11H2,1H3,(H,18,21)(H,19,22). The van der Waals surface area contributed by atoms with Crippen LogP contribution in [0.5, 0.6) is 0 Å². The van der Waals surface area contributed by atoms with E-state index in [1.54, 1.807) is 19.1 Å². The minimum Gasteiger partial charge on any atom is -0.464 e. The number of rotatable bonds is 6. The van der Waals surface area contributed by atoms with Crippen molar-refractivity contribution < 1.29 is 19.1 Å². The Morgan fingerprint density at radius 1 is 1.26 bits per heavy atom. The van der Waals surface area contributed by atoms with Gasteiger partial charge in [0.2, 0.25) is 0 Å². The molecule has 0 saturated carbocycles. The number of aliphatic hydroxyl groups is 1. The molecule has 0 aromatic carbocycles. The van der Waals surface area contributed by atoms with Gasteiger partial charge in [-0.1, -0.05) is 11.6 Å². The van der Waals surface area contributed by atoms with Crippen LogP contribution in [0, 0.1) is 6.92 Å². The molecule has 23 heavy (non-hydrogen) atoms. The van der Waals surface area contributed by atoms with E-state index in [2.05, 4.69) is 16.7 Å². The molecule has 0 spiro atoms. The molecule has 1 unspecified atom stereocenters. The number of amides is 2. The first-order valence-corrected chi connectivity index (χ1v) is 8.04. The highest BCUT2D eigenvalue weighted by Gasteiger charge is 2.17. The summed E-state index contributed by atoms with van der Waals surface area (Å²) >= 11 is 0. The lowest BCUT2D eigenvalue weighted by Gasteiger charge is -2.13. The van der Waals surface area contributed by atoms with Crippen molar-refractivity contribution in [3.05, 3.63) is 35.3 Å². The predicted molar refractivity (Wildman–Crippen MR) is 85.6 cm³/mol. The zero-order chi connectivity index (χ0) is 16.7. The molecular weight excluding hydrogens is 296 g/mol. The molecular formula is C17H24N2O4. The first-order valence-electron chi connectivity index (χ1n) is 8.04. The number of aliphatic hydroxyl groups excluding tert-OH is 1. The average molecular weight is 320 g/mol. The monoisotopic (exact) mass is 320 g/mol. The maximum Gasteiger partial charge on any atom is 0.309 e. The van der Waals surface area contributed by atoms with Gasteiger partial charge in [-0.15, -0.1) is 0 Å². The molecule has 2 amide bonds. The summed E-state index contributed by atoms with van der Waals surface area (Å²) in [6.07, 6.45) is 6.66. The topological polar surface area (TPSA) is 91.6 Å². The van der Waals surface area contributed by atoms with Crippen LogP contribution in [0.3, 0.4) is 0 Å². The third-order valence-corrected chi connectivity index (χ3v) is 3.87. The lowest BCUT2D eigenvalue weighted by atomic mass is 9.97. The summed E-state index contributed by atoms with van der Waals surface area (Å²) in [6, 6.07) is 3.37. The maximum absolute atomic E-state index is 11.7. The Balaban J connectivity index is 1.66. The molecule has 6 heteroatoms. The van der Waals surface area contributed by atoms with Crippen LogP contribution in [-0.2, 0) is 9.59 Å². The van der Waals surface area contributed by atoms with Crippen molar-refractivity contribution in [2.24, 2.45) is 0 Å². The van der Waals surface area contributed by atoms with Crippen molar-refractivity contribution in [3.63, 3.8) is 0 Å². The van der Waals surface area contributed by atoms with Crippen LogP contribution in [0.1, 0.15) is 49.7 Å². The molecule has 1 atom stereocenters. The second-order valence-electron chi connectivity index (χ2n) is 5.79. The number of furan rings is 1. The number of nitrogens with one attached hydrogen (secondary N) is 2. The zero-order valence-electron chi connectivity index (χ0n) is 13.4. The van der Waals surface area contributed by atoms with Crippen LogP contribution < -0.4 is 10.6 Å². The Bertz CT molecular complexity index is 577. The number of carbonyl (C=O) groups excluding carboxylic acids is 2. The van der Waals surface area contributed by atoms with Gasteiger partial charge in [0, 0.05) is 6.54 Å². The van der Waals surface area contributed by atoms with Gasteiger partial charge in [0.15, 0.2) is 0 Å². The quantitative estimate of drug-likeness (QED) is 0.550. The SMILES string of the molecule is Cc1ccc(C(O)CNC(=O)C(=O)NCCC2=CCCCC2)o1. The highest BCUT2D eigenvalue weighted by molar-refractivity contribution is 6.35. The molecule has 1 aliphatic carbocycles. The van der Waals surface area contributed by atoms with Crippen LogP contribution in [-0.4, -0.2) is 30.0 Å². The predicted octanol–water partition coefficient (Wildman–Crippen LogP) is 1.74. The van der Waals surface area contributed by atoms with Crippen molar-refractivity contribution >= 4 is 11.8 Å². The van der Waals surface area contributed by atoms with Crippen molar-refractivity contribution in [1.29, 1.82) is 0 Å². The second kappa shape index (κ2) is 8.53. The van der Waals surface area contributed by atoms with E-state index in [1.165, 1.54) is 18.4 Å². The van der Waals surface area contributed by atoms with Crippen LogP contribution in [0.2, 0.25) is 0 Å². The highest BCUT2D eigenvalue weighted by atomic mass is 16.4. The molecule has 1 aromatic rings.